The summed E-state index contributed by atoms with van der Waals surface area (Å²) in [5.74, 6) is -0.956. The second-order valence-electron chi connectivity index (χ2n) is 3.42. The van der Waals surface area contributed by atoms with Crippen LogP contribution in [-0.4, -0.2) is 32.1 Å². The molecule has 1 N–H and O–H groups in total. The van der Waals surface area contributed by atoms with Gasteiger partial charge in [-0.3, -0.25) is 4.68 Å². The molecular formula is C10H11N3O2S. The number of aromatic nitrogens is 3. The summed E-state index contributed by atoms with van der Waals surface area (Å²) in [6.45, 7) is 1.86. The molecule has 0 aromatic carbocycles. The molecule has 2 heterocycles. The number of hydrogen-bond donors (Lipinski definition) is 1. The minimum absolute atomic E-state index is 0.233. The van der Waals surface area contributed by atoms with Gasteiger partial charge in [0.15, 0.2) is 5.65 Å². The van der Waals surface area contributed by atoms with Crippen molar-refractivity contribution < 1.29 is 9.90 Å². The third-order valence-electron chi connectivity index (χ3n) is 2.41. The highest BCUT2D eigenvalue weighted by atomic mass is 32.2. The molecule has 16 heavy (non-hydrogen) atoms. The van der Waals surface area contributed by atoms with Crippen molar-refractivity contribution in [1.82, 2.24) is 14.8 Å². The topological polar surface area (TPSA) is 68.0 Å². The predicted octanol–water partition coefficient (Wildman–Crippen LogP) is 1.70. The number of carboxylic acids is 1. The Hall–Kier alpha value is -1.56. The van der Waals surface area contributed by atoms with Crippen LogP contribution in [-0.2, 0) is 7.05 Å². The molecule has 0 aliphatic heterocycles. The molecule has 0 bridgehead atoms. The van der Waals surface area contributed by atoms with Gasteiger partial charge in [-0.05, 0) is 13.2 Å². The number of rotatable bonds is 2. The number of carbonyl (C=O) groups is 1. The van der Waals surface area contributed by atoms with Crippen LogP contribution >= 0.6 is 11.8 Å². The van der Waals surface area contributed by atoms with Gasteiger partial charge in [0.2, 0.25) is 0 Å². The van der Waals surface area contributed by atoms with Gasteiger partial charge in [-0.1, -0.05) is 0 Å². The van der Waals surface area contributed by atoms with Gasteiger partial charge in [-0.15, -0.1) is 11.8 Å². The van der Waals surface area contributed by atoms with Gasteiger partial charge in [-0.2, -0.15) is 5.10 Å². The van der Waals surface area contributed by atoms with Crippen LogP contribution in [0.2, 0.25) is 0 Å². The largest absolute Gasteiger partial charge is 0.478 e. The molecule has 2 aromatic heterocycles. The fourth-order valence-electron chi connectivity index (χ4n) is 1.74. The lowest BCUT2D eigenvalue weighted by atomic mass is 10.2. The maximum Gasteiger partial charge on any atom is 0.338 e. The standard InChI is InChI=1S/C10H11N3O2S/c1-5-7-8(16-3)6(10(14)15)4-11-9(7)13(2)12-5/h4H,1-3H3,(H,14,15). The van der Waals surface area contributed by atoms with E-state index in [1.807, 2.05) is 13.2 Å². The first kappa shape index (κ1) is 10.9. The van der Waals surface area contributed by atoms with Crippen LogP contribution in [0.25, 0.3) is 11.0 Å². The number of aromatic carboxylic acids is 1. The van der Waals surface area contributed by atoms with Crippen LogP contribution in [0.3, 0.4) is 0 Å². The summed E-state index contributed by atoms with van der Waals surface area (Å²) in [6.07, 6.45) is 3.24. The van der Waals surface area contributed by atoms with Crippen molar-refractivity contribution in [3.8, 4) is 0 Å². The van der Waals surface area contributed by atoms with Crippen LogP contribution < -0.4 is 0 Å². The van der Waals surface area contributed by atoms with Gasteiger partial charge >= 0.3 is 5.97 Å². The van der Waals surface area contributed by atoms with Crippen LogP contribution in [0.15, 0.2) is 11.1 Å². The third-order valence-corrected chi connectivity index (χ3v) is 3.25. The average molecular weight is 237 g/mol. The molecule has 6 heteroatoms. The number of thioether (sulfide) groups is 1. The van der Waals surface area contributed by atoms with E-state index in [-0.39, 0.29) is 5.56 Å². The summed E-state index contributed by atoms with van der Waals surface area (Å²) in [4.78, 5) is 15.9. The number of pyridine rings is 1. The minimum Gasteiger partial charge on any atom is -0.478 e. The monoisotopic (exact) mass is 237 g/mol. The quantitative estimate of drug-likeness (QED) is 0.805. The molecule has 84 valence electrons. The molecule has 0 spiro atoms. The highest BCUT2D eigenvalue weighted by Gasteiger charge is 2.18. The van der Waals surface area contributed by atoms with Gasteiger partial charge < -0.3 is 5.11 Å². The van der Waals surface area contributed by atoms with E-state index in [2.05, 4.69) is 10.1 Å². The SMILES string of the molecule is CSc1c(C(=O)O)cnc2c1c(C)nn2C. The molecule has 0 saturated heterocycles. The van der Waals surface area contributed by atoms with Crippen molar-refractivity contribution in [2.24, 2.45) is 7.05 Å². The van der Waals surface area contributed by atoms with Gasteiger partial charge in [0.05, 0.1) is 16.6 Å². The lowest BCUT2D eigenvalue weighted by Crippen LogP contribution is -2.01. The van der Waals surface area contributed by atoms with Crippen molar-refractivity contribution in [1.29, 1.82) is 0 Å². The lowest BCUT2D eigenvalue weighted by Gasteiger charge is -2.04. The zero-order chi connectivity index (χ0) is 11.9. The summed E-state index contributed by atoms with van der Waals surface area (Å²) in [5.41, 5.74) is 1.75. The Morgan fingerprint density at radius 1 is 1.56 bits per heavy atom. The molecule has 2 rings (SSSR count). The van der Waals surface area contributed by atoms with E-state index in [4.69, 9.17) is 5.11 Å². The van der Waals surface area contributed by atoms with Gasteiger partial charge in [0.25, 0.3) is 0 Å². The van der Waals surface area contributed by atoms with E-state index in [1.54, 1.807) is 11.7 Å². The first-order chi connectivity index (χ1) is 7.56. The number of hydrogen-bond acceptors (Lipinski definition) is 4. The minimum atomic E-state index is -0.956. The van der Waals surface area contributed by atoms with E-state index in [0.29, 0.717) is 5.65 Å². The Bertz CT molecular complexity index is 577. The summed E-state index contributed by atoms with van der Waals surface area (Å²) in [7, 11) is 1.80. The molecule has 2 aromatic rings. The maximum absolute atomic E-state index is 11.1. The van der Waals surface area contributed by atoms with E-state index in [1.165, 1.54) is 18.0 Å². The Kier molecular flexibility index (Phi) is 2.59. The molecule has 0 saturated carbocycles. The molecule has 0 amide bonds. The van der Waals surface area contributed by atoms with Crippen molar-refractivity contribution in [3.63, 3.8) is 0 Å². The first-order valence-corrected chi connectivity index (χ1v) is 5.88. The van der Waals surface area contributed by atoms with Gasteiger partial charge in [-0.25, -0.2) is 9.78 Å². The van der Waals surface area contributed by atoms with Gasteiger partial charge in [0.1, 0.15) is 0 Å². The first-order valence-electron chi connectivity index (χ1n) is 4.66. The Morgan fingerprint density at radius 2 is 2.25 bits per heavy atom. The highest BCUT2D eigenvalue weighted by molar-refractivity contribution is 7.99. The maximum atomic E-state index is 11.1. The van der Waals surface area contributed by atoms with Crippen molar-refractivity contribution in [2.45, 2.75) is 11.8 Å². The van der Waals surface area contributed by atoms with E-state index < -0.39 is 5.97 Å². The highest BCUT2D eigenvalue weighted by Crippen LogP contribution is 2.30. The summed E-state index contributed by atoms with van der Waals surface area (Å²) >= 11 is 1.41. The zero-order valence-corrected chi connectivity index (χ0v) is 10.00. The molecule has 0 aliphatic carbocycles. The summed E-state index contributed by atoms with van der Waals surface area (Å²) < 4.78 is 1.66. The van der Waals surface area contributed by atoms with Crippen molar-refractivity contribution >= 4 is 28.8 Å². The Balaban J connectivity index is 2.90. The van der Waals surface area contributed by atoms with E-state index in [0.717, 1.165) is 16.0 Å². The molecule has 0 unspecified atom stereocenters. The second-order valence-corrected chi connectivity index (χ2v) is 4.23. The zero-order valence-electron chi connectivity index (χ0n) is 9.18. The fourth-order valence-corrected chi connectivity index (χ4v) is 2.55. The smallest absolute Gasteiger partial charge is 0.338 e. The van der Waals surface area contributed by atoms with E-state index in [9.17, 15) is 4.79 Å². The van der Waals surface area contributed by atoms with Crippen LogP contribution in [0, 0.1) is 6.92 Å². The lowest BCUT2D eigenvalue weighted by molar-refractivity contribution is 0.0693. The number of fused-ring (bicyclic) bond motifs is 1. The summed E-state index contributed by atoms with van der Waals surface area (Å²) in [6, 6.07) is 0. The third kappa shape index (κ3) is 1.46. The average Bonchev–Trinajstić information content (AvgIpc) is 2.53. The Morgan fingerprint density at radius 3 is 2.81 bits per heavy atom. The number of carboxylic acid groups (broad SMARTS) is 1. The molecule has 0 aliphatic rings. The van der Waals surface area contributed by atoms with Crippen molar-refractivity contribution in [2.75, 3.05) is 6.26 Å². The molecule has 5 nitrogen and oxygen atoms in total. The predicted molar refractivity (Wildman–Crippen MR) is 62.0 cm³/mol. The molecule has 0 atom stereocenters. The van der Waals surface area contributed by atoms with Crippen LogP contribution in [0.4, 0.5) is 0 Å². The van der Waals surface area contributed by atoms with Crippen LogP contribution in [0.1, 0.15) is 16.1 Å². The molecule has 0 radical (unpaired) electrons. The Labute approximate surface area is 96.5 Å². The van der Waals surface area contributed by atoms with Crippen molar-refractivity contribution in [3.05, 3.63) is 17.5 Å². The van der Waals surface area contributed by atoms with Gasteiger partial charge in [0, 0.05) is 18.1 Å². The second kappa shape index (κ2) is 3.79. The molecular weight excluding hydrogens is 226 g/mol. The molecule has 0 fully saturated rings. The number of aryl methyl sites for hydroxylation is 2. The van der Waals surface area contributed by atoms with E-state index >= 15 is 0 Å². The summed E-state index contributed by atoms with van der Waals surface area (Å²) in [5, 5.41) is 14.1. The number of nitrogens with zero attached hydrogens (tertiary/aromatic N) is 3. The normalized spacial score (nSPS) is 10.9. The fraction of sp³-hybridized carbons (Fsp3) is 0.300. The van der Waals surface area contributed by atoms with Crippen LogP contribution in [0.5, 0.6) is 0 Å².